The molecule has 0 aromatic heterocycles. The van der Waals surface area contributed by atoms with E-state index in [9.17, 15) is 25.2 Å². The molecule has 0 radical (unpaired) electrons. The molecule has 2 aromatic rings. The largest absolute Gasteiger partial charge is 0.493 e. The maximum Gasteiger partial charge on any atom is 0.337 e. The van der Waals surface area contributed by atoms with Crippen molar-refractivity contribution in [2.75, 3.05) is 34.2 Å². The molecular weight excluding hydrogens is 492 g/mol. The van der Waals surface area contributed by atoms with E-state index in [1.165, 1.54) is 20.3 Å². The molecule has 12 nitrogen and oxygen atoms in total. The molecular formula is C25H28O12. The third kappa shape index (κ3) is 4.56. The summed E-state index contributed by atoms with van der Waals surface area (Å²) in [6.07, 6.45) is -7.76. The summed E-state index contributed by atoms with van der Waals surface area (Å²) in [5.74, 6) is 0.758. The summed E-state index contributed by atoms with van der Waals surface area (Å²) in [5, 5.41) is 40.1. The van der Waals surface area contributed by atoms with Crippen molar-refractivity contribution in [2.24, 2.45) is 0 Å². The van der Waals surface area contributed by atoms with Crippen LogP contribution < -0.4 is 18.9 Å². The Hall–Kier alpha value is -3.13. The molecule has 1 saturated heterocycles. The Morgan fingerprint density at radius 3 is 2.54 bits per heavy atom. The lowest BCUT2D eigenvalue weighted by Crippen LogP contribution is -2.59. The highest BCUT2D eigenvalue weighted by Gasteiger charge is 2.46. The Balaban J connectivity index is 1.49. The molecule has 0 aliphatic carbocycles. The van der Waals surface area contributed by atoms with Crippen molar-refractivity contribution in [3.8, 4) is 23.0 Å². The van der Waals surface area contributed by atoms with E-state index in [1.807, 2.05) is 6.07 Å². The Labute approximate surface area is 211 Å². The van der Waals surface area contributed by atoms with Gasteiger partial charge < -0.3 is 53.6 Å². The van der Waals surface area contributed by atoms with E-state index in [2.05, 4.69) is 0 Å². The predicted octanol–water partition coefficient (Wildman–Crippen LogP) is 0.244. The molecule has 12 heteroatoms. The minimum Gasteiger partial charge on any atom is -0.493 e. The molecule has 0 saturated carbocycles. The number of methoxy groups -OCH3 is 2. The van der Waals surface area contributed by atoms with Crippen LogP contribution in [0.4, 0.5) is 0 Å². The van der Waals surface area contributed by atoms with E-state index in [0.717, 1.165) is 5.56 Å². The summed E-state index contributed by atoms with van der Waals surface area (Å²) >= 11 is 0. The lowest BCUT2D eigenvalue weighted by Gasteiger charge is -2.40. The normalized spacial score (nSPS) is 29.9. The monoisotopic (exact) mass is 520 g/mol. The average Bonchev–Trinajstić information content (AvgIpc) is 3.54. The number of aliphatic hydroxyl groups excluding tert-OH is 4. The minimum atomic E-state index is -1.58. The molecule has 7 unspecified atom stereocenters. The highest BCUT2D eigenvalue weighted by atomic mass is 16.7. The van der Waals surface area contributed by atoms with Gasteiger partial charge in [0.25, 0.3) is 0 Å². The number of fused-ring (bicyclic) bond motifs is 2. The molecule has 0 bridgehead atoms. The highest BCUT2D eigenvalue weighted by molar-refractivity contribution is 5.90. The minimum absolute atomic E-state index is 0.0947. The quantitative estimate of drug-likeness (QED) is 0.369. The van der Waals surface area contributed by atoms with Crippen LogP contribution in [-0.4, -0.2) is 91.3 Å². The van der Waals surface area contributed by atoms with Crippen molar-refractivity contribution in [1.29, 1.82) is 0 Å². The van der Waals surface area contributed by atoms with Gasteiger partial charge in [0.05, 0.1) is 38.9 Å². The van der Waals surface area contributed by atoms with Crippen LogP contribution >= 0.6 is 0 Å². The van der Waals surface area contributed by atoms with Crippen molar-refractivity contribution >= 4 is 5.97 Å². The van der Waals surface area contributed by atoms with Gasteiger partial charge >= 0.3 is 5.97 Å². The molecule has 3 aliphatic heterocycles. The second kappa shape index (κ2) is 10.3. The van der Waals surface area contributed by atoms with Crippen LogP contribution in [0.25, 0.3) is 0 Å². The molecule has 0 amide bonds. The van der Waals surface area contributed by atoms with Crippen LogP contribution in [0, 0.1) is 0 Å². The standard InChI is InChI=1S/C25H28O12/c1-31-17-7-12(24(30)32-2)5-13-14(9-33-25-21(29)20(28)19(27)18(8-26)36-25)22(37-23(13)17)11-3-4-15-16(6-11)35-10-34-15/h3-7,14,18-22,25-29H,8-10H2,1-2H3. The molecule has 37 heavy (non-hydrogen) atoms. The molecule has 2 aromatic carbocycles. The van der Waals surface area contributed by atoms with Crippen molar-refractivity contribution in [3.05, 3.63) is 47.0 Å². The van der Waals surface area contributed by atoms with Gasteiger partial charge in [-0.25, -0.2) is 4.79 Å². The zero-order chi connectivity index (χ0) is 26.3. The fourth-order valence-corrected chi connectivity index (χ4v) is 4.76. The molecule has 4 N–H and O–H groups in total. The molecule has 3 aliphatic rings. The SMILES string of the molecule is COC(=O)c1cc(OC)c2c(c1)C(COC1OC(CO)C(O)C(O)C1O)C(c1ccc3c(c1)OCO3)O2. The van der Waals surface area contributed by atoms with Crippen molar-refractivity contribution < 1.29 is 58.4 Å². The third-order valence-electron chi connectivity index (χ3n) is 6.75. The smallest absolute Gasteiger partial charge is 0.337 e. The summed E-state index contributed by atoms with van der Waals surface area (Å²) in [6, 6.07) is 8.50. The summed E-state index contributed by atoms with van der Waals surface area (Å²) in [4.78, 5) is 12.3. The summed E-state index contributed by atoms with van der Waals surface area (Å²) < 4.78 is 39.0. The van der Waals surface area contributed by atoms with E-state index in [1.54, 1.807) is 18.2 Å². The Kier molecular flexibility index (Phi) is 7.12. The molecule has 3 heterocycles. The number of carbonyl (C=O) groups is 1. The fourth-order valence-electron chi connectivity index (χ4n) is 4.76. The topological polar surface area (TPSA) is 163 Å². The number of hydrogen-bond donors (Lipinski definition) is 4. The van der Waals surface area contributed by atoms with Gasteiger partial charge in [0.2, 0.25) is 6.79 Å². The van der Waals surface area contributed by atoms with Gasteiger partial charge in [0.15, 0.2) is 29.3 Å². The van der Waals surface area contributed by atoms with Gasteiger partial charge in [-0.3, -0.25) is 0 Å². The van der Waals surface area contributed by atoms with Crippen LogP contribution in [0.5, 0.6) is 23.0 Å². The predicted molar refractivity (Wildman–Crippen MR) is 123 cm³/mol. The van der Waals surface area contributed by atoms with Crippen LogP contribution in [0.1, 0.15) is 33.5 Å². The Morgan fingerprint density at radius 2 is 1.81 bits per heavy atom. The summed E-state index contributed by atoms with van der Waals surface area (Å²) in [7, 11) is 2.72. The first-order chi connectivity index (χ1) is 17.9. The van der Waals surface area contributed by atoms with E-state index >= 15 is 0 Å². The number of carbonyl (C=O) groups excluding carboxylic acids is 1. The number of esters is 1. The molecule has 7 atom stereocenters. The lowest BCUT2D eigenvalue weighted by atomic mass is 9.90. The molecule has 5 rings (SSSR count). The number of hydrogen-bond acceptors (Lipinski definition) is 12. The van der Waals surface area contributed by atoms with Crippen LogP contribution in [-0.2, 0) is 14.2 Å². The highest BCUT2D eigenvalue weighted by Crippen LogP contribution is 2.52. The zero-order valence-electron chi connectivity index (χ0n) is 20.1. The van der Waals surface area contributed by atoms with Gasteiger partial charge in [0.1, 0.15) is 30.5 Å². The van der Waals surface area contributed by atoms with E-state index in [4.69, 9.17) is 33.2 Å². The summed E-state index contributed by atoms with van der Waals surface area (Å²) in [6.45, 7) is -0.577. The maximum absolute atomic E-state index is 12.3. The summed E-state index contributed by atoms with van der Waals surface area (Å²) in [5.41, 5.74) is 1.56. The zero-order valence-corrected chi connectivity index (χ0v) is 20.1. The number of aliphatic hydroxyl groups is 4. The number of rotatable bonds is 7. The van der Waals surface area contributed by atoms with E-state index in [-0.39, 0.29) is 19.0 Å². The van der Waals surface area contributed by atoms with Crippen LogP contribution in [0.3, 0.4) is 0 Å². The average molecular weight is 520 g/mol. The van der Waals surface area contributed by atoms with Crippen molar-refractivity contribution in [3.63, 3.8) is 0 Å². The molecule has 0 spiro atoms. The van der Waals surface area contributed by atoms with Crippen molar-refractivity contribution in [2.45, 2.75) is 42.7 Å². The van der Waals surface area contributed by atoms with Gasteiger partial charge in [-0.05, 0) is 29.8 Å². The van der Waals surface area contributed by atoms with Crippen LogP contribution in [0.2, 0.25) is 0 Å². The van der Waals surface area contributed by atoms with Gasteiger partial charge in [-0.15, -0.1) is 0 Å². The van der Waals surface area contributed by atoms with E-state index in [0.29, 0.717) is 28.6 Å². The second-order valence-corrected chi connectivity index (χ2v) is 8.88. The maximum atomic E-state index is 12.3. The number of benzene rings is 2. The first kappa shape index (κ1) is 25.5. The Morgan fingerprint density at radius 1 is 1.03 bits per heavy atom. The fraction of sp³-hybridized carbons (Fsp3) is 0.480. The third-order valence-corrected chi connectivity index (χ3v) is 6.75. The van der Waals surface area contributed by atoms with Crippen LogP contribution in [0.15, 0.2) is 30.3 Å². The first-order valence-corrected chi connectivity index (χ1v) is 11.6. The Bertz CT molecular complexity index is 1150. The van der Waals surface area contributed by atoms with Crippen molar-refractivity contribution in [1.82, 2.24) is 0 Å². The lowest BCUT2D eigenvalue weighted by molar-refractivity contribution is -0.302. The molecule has 200 valence electrons. The first-order valence-electron chi connectivity index (χ1n) is 11.6. The van der Waals surface area contributed by atoms with Gasteiger partial charge in [-0.2, -0.15) is 0 Å². The second-order valence-electron chi connectivity index (χ2n) is 8.88. The van der Waals surface area contributed by atoms with Gasteiger partial charge in [-0.1, -0.05) is 6.07 Å². The van der Waals surface area contributed by atoms with Gasteiger partial charge in [0, 0.05) is 5.56 Å². The van der Waals surface area contributed by atoms with E-state index < -0.39 is 55.3 Å². The molecule has 1 fully saturated rings. The number of ether oxygens (including phenoxy) is 7.